The van der Waals surface area contributed by atoms with Crippen molar-refractivity contribution in [3.8, 4) is 5.75 Å². The first-order chi connectivity index (χ1) is 13.8. The molecule has 30 heavy (non-hydrogen) atoms. The van der Waals surface area contributed by atoms with E-state index in [0.29, 0.717) is 16.1 Å². The largest absolute Gasteiger partial charge is 0.497 e. The Labute approximate surface area is 177 Å². The molecule has 0 heterocycles. The van der Waals surface area contributed by atoms with Crippen molar-refractivity contribution in [1.82, 2.24) is 5.32 Å². The molecule has 1 atom stereocenters. The van der Waals surface area contributed by atoms with Crippen molar-refractivity contribution >= 4 is 33.2 Å². The van der Waals surface area contributed by atoms with Gasteiger partial charge in [-0.1, -0.05) is 23.7 Å². The van der Waals surface area contributed by atoms with Gasteiger partial charge in [-0.3, -0.25) is 9.10 Å². The van der Waals surface area contributed by atoms with E-state index in [2.05, 4.69) is 5.32 Å². The molecule has 11 heteroatoms. The molecule has 1 N–H and O–H groups in total. The van der Waals surface area contributed by atoms with E-state index in [1.165, 1.54) is 7.11 Å². The maximum atomic E-state index is 13.0. The van der Waals surface area contributed by atoms with Crippen molar-refractivity contribution in [2.45, 2.75) is 19.1 Å². The van der Waals surface area contributed by atoms with E-state index in [1.54, 1.807) is 31.2 Å². The van der Waals surface area contributed by atoms with Crippen molar-refractivity contribution in [2.24, 2.45) is 0 Å². The summed E-state index contributed by atoms with van der Waals surface area (Å²) < 4.78 is 69.1. The summed E-state index contributed by atoms with van der Waals surface area (Å²) in [7, 11) is -2.59. The number of nitrogens with zero attached hydrogens (tertiary/aromatic N) is 1. The summed E-state index contributed by atoms with van der Waals surface area (Å²) >= 11 is 5.94. The molecular formula is C19H20ClF3N2O4S. The van der Waals surface area contributed by atoms with Crippen LogP contribution in [0.15, 0.2) is 42.5 Å². The summed E-state index contributed by atoms with van der Waals surface area (Å²) in [5.74, 6) is -0.0862. The zero-order valence-electron chi connectivity index (χ0n) is 16.3. The quantitative estimate of drug-likeness (QED) is 0.671. The Bertz CT molecular complexity index is 1010. The second kappa shape index (κ2) is 9.13. The number of carbonyl (C=O) groups excluding carboxylic acids is 1. The highest BCUT2D eigenvalue weighted by atomic mass is 35.5. The molecule has 1 amide bonds. The zero-order chi connectivity index (χ0) is 22.7. The molecular weight excluding hydrogens is 445 g/mol. The Morgan fingerprint density at radius 2 is 1.80 bits per heavy atom. The van der Waals surface area contributed by atoms with Gasteiger partial charge >= 0.3 is 6.18 Å². The number of rotatable bonds is 7. The van der Waals surface area contributed by atoms with Crippen LogP contribution in [0.3, 0.4) is 0 Å². The van der Waals surface area contributed by atoms with Crippen LogP contribution in [0.25, 0.3) is 0 Å². The van der Waals surface area contributed by atoms with Crippen LogP contribution >= 0.6 is 11.6 Å². The van der Waals surface area contributed by atoms with Gasteiger partial charge in [0.2, 0.25) is 15.9 Å². The van der Waals surface area contributed by atoms with Gasteiger partial charge in [0.1, 0.15) is 12.3 Å². The van der Waals surface area contributed by atoms with Gasteiger partial charge in [-0.2, -0.15) is 13.2 Å². The lowest BCUT2D eigenvalue weighted by Gasteiger charge is -2.25. The van der Waals surface area contributed by atoms with E-state index < -0.39 is 45.9 Å². The van der Waals surface area contributed by atoms with Crippen molar-refractivity contribution in [3.63, 3.8) is 0 Å². The van der Waals surface area contributed by atoms with Crippen molar-refractivity contribution in [2.75, 3.05) is 24.2 Å². The molecule has 2 rings (SSSR count). The van der Waals surface area contributed by atoms with Crippen molar-refractivity contribution in [1.29, 1.82) is 0 Å². The van der Waals surface area contributed by atoms with Crippen LogP contribution < -0.4 is 14.4 Å². The zero-order valence-corrected chi connectivity index (χ0v) is 17.9. The van der Waals surface area contributed by atoms with Crippen molar-refractivity contribution < 1.29 is 31.1 Å². The minimum absolute atomic E-state index is 0.232. The van der Waals surface area contributed by atoms with Crippen LogP contribution in [0, 0.1) is 0 Å². The van der Waals surface area contributed by atoms with Gasteiger partial charge in [0.15, 0.2) is 0 Å². The Hall–Kier alpha value is -2.46. The number of amides is 1. The minimum Gasteiger partial charge on any atom is -0.497 e. The summed E-state index contributed by atoms with van der Waals surface area (Å²) in [6.07, 6.45) is -3.92. The Morgan fingerprint density at radius 1 is 1.20 bits per heavy atom. The van der Waals surface area contributed by atoms with Gasteiger partial charge < -0.3 is 10.1 Å². The Morgan fingerprint density at radius 3 is 2.30 bits per heavy atom. The molecule has 0 aromatic heterocycles. The number of hydrogen-bond acceptors (Lipinski definition) is 4. The van der Waals surface area contributed by atoms with Gasteiger partial charge in [-0.15, -0.1) is 0 Å². The fourth-order valence-electron chi connectivity index (χ4n) is 2.65. The van der Waals surface area contributed by atoms with Gasteiger partial charge in [0, 0.05) is 0 Å². The third-order valence-electron chi connectivity index (χ3n) is 4.22. The highest BCUT2D eigenvalue weighted by Crippen LogP contribution is 2.36. The predicted octanol–water partition coefficient (Wildman–Crippen LogP) is 4.01. The molecule has 0 aliphatic carbocycles. The molecule has 0 spiro atoms. The van der Waals surface area contributed by atoms with E-state index in [0.717, 1.165) is 24.0 Å². The smallest absolute Gasteiger partial charge is 0.416 e. The average molecular weight is 465 g/mol. The number of methoxy groups -OCH3 is 1. The fraction of sp³-hybridized carbons (Fsp3) is 0.316. The molecule has 0 unspecified atom stereocenters. The van der Waals surface area contributed by atoms with Crippen LogP contribution in [-0.2, 0) is 21.0 Å². The summed E-state index contributed by atoms with van der Waals surface area (Å²) in [6, 6.07) is 8.63. The van der Waals surface area contributed by atoms with E-state index >= 15 is 0 Å². The van der Waals surface area contributed by atoms with E-state index in [-0.39, 0.29) is 5.02 Å². The molecule has 2 aromatic rings. The number of anilines is 1. The monoisotopic (exact) mass is 464 g/mol. The molecule has 0 bridgehead atoms. The van der Waals surface area contributed by atoms with Gasteiger partial charge in [-0.05, 0) is 42.8 Å². The minimum atomic E-state index is -4.70. The maximum absolute atomic E-state index is 13.0. The lowest BCUT2D eigenvalue weighted by atomic mass is 10.1. The van der Waals surface area contributed by atoms with E-state index in [9.17, 15) is 26.4 Å². The number of carbonyl (C=O) groups is 1. The normalized spacial score (nSPS) is 12.9. The Balaban J connectivity index is 2.26. The fourth-order valence-corrected chi connectivity index (χ4v) is 3.78. The molecule has 0 radical (unpaired) electrons. The number of halogens is 4. The molecule has 2 aromatic carbocycles. The van der Waals surface area contributed by atoms with Gasteiger partial charge in [0.25, 0.3) is 0 Å². The SMILES string of the molecule is COc1ccc([C@@H](C)NC(=O)CN(c2cc(C(F)(F)F)ccc2Cl)S(C)(=O)=O)cc1. The molecule has 0 aliphatic heterocycles. The lowest BCUT2D eigenvalue weighted by Crippen LogP contribution is -2.41. The summed E-state index contributed by atoms with van der Waals surface area (Å²) in [6.45, 7) is 0.947. The number of ether oxygens (including phenoxy) is 1. The summed E-state index contributed by atoms with van der Waals surface area (Å²) in [4.78, 5) is 12.5. The lowest BCUT2D eigenvalue weighted by molar-refractivity contribution is -0.137. The van der Waals surface area contributed by atoms with Gasteiger partial charge in [0.05, 0.1) is 35.7 Å². The molecule has 0 saturated heterocycles. The first-order valence-electron chi connectivity index (χ1n) is 8.60. The second-order valence-corrected chi connectivity index (χ2v) is 8.81. The summed E-state index contributed by atoms with van der Waals surface area (Å²) in [5, 5.41) is 2.39. The third-order valence-corrected chi connectivity index (χ3v) is 5.67. The van der Waals surface area contributed by atoms with E-state index in [1.807, 2.05) is 0 Å². The highest BCUT2D eigenvalue weighted by molar-refractivity contribution is 7.92. The number of sulfonamides is 1. The Kier molecular flexibility index (Phi) is 7.25. The van der Waals surface area contributed by atoms with Crippen molar-refractivity contribution in [3.05, 3.63) is 58.6 Å². The number of benzene rings is 2. The van der Waals surface area contributed by atoms with Gasteiger partial charge in [-0.25, -0.2) is 8.42 Å². The highest BCUT2D eigenvalue weighted by Gasteiger charge is 2.33. The average Bonchev–Trinajstić information content (AvgIpc) is 2.65. The molecule has 6 nitrogen and oxygen atoms in total. The third kappa shape index (κ3) is 6.02. The second-order valence-electron chi connectivity index (χ2n) is 6.50. The molecule has 0 saturated carbocycles. The summed E-state index contributed by atoms with van der Waals surface area (Å²) in [5.41, 5.74) is -0.782. The molecule has 0 fully saturated rings. The van der Waals surface area contributed by atoms with Crippen LogP contribution in [0.2, 0.25) is 5.02 Å². The molecule has 0 aliphatic rings. The standard InChI is InChI=1S/C19H20ClF3N2O4S/c1-12(13-4-7-15(29-2)8-5-13)24-18(26)11-25(30(3,27)28)17-10-14(19(21,22)23)6-9-16(17)20/h4-10,12H,11H2,1-3H3,(H,24,26)/t12-/m1/s1. The van der Waals surface area contributed by atoms with Crippen LogP contribution in [-0.4, -0.2) is 34.2 Å². The van der Waals surface area contributed by atoms with E-state index in [4.69, 9.17) is 16.3 Å². The first-order valence-corrected chi connectivity index (χ1v) is 10.8. The number of nitrogens with one attached hydrogen (secondary N) is 1. The first kappa shape index (κ1) is 23.8. The van der Waals surface area contributed by atoms with Crippen LogP contribution in [0.4, 0.5) is 18.9 Å². The molecule has 164 valence electrons. The maximum Gasteiger partial charge on any atom is 0.416 e. The predicted molar refractivity (Wildman–Crippen MR) is 108 cm³/mol. The number of alkyl halides is 3. The number of hydrogen-bond donors (Lipinski definition) is 1. The topological polar surface area (TPSA) is 75.7 Å². The van der Waals surface area contributed by atoms with Crippen LogP contribution in [0.5, 0.6) is 5.75 Å². The van der Waals surface area contributed by atoms with Crippen LogP contribution in [0.1, 0.15) is 24.1 Å².